The molecule has 1 N–H and O–H groups in total. The molecule has 0 aliphatic carbocycles. The summed E-state index contributed by atoms with van der Waals surface area (Å²) in [4.78, 5) is 6.97. The smallest absolute Gasteiger partial charge is 0.128 e. The van der Waals surface area contributed by atoms with Gasteiger partial charge < -0.3 is 15.0 Å². The number of pyridine rings is 1. The summed E-state index contributed by atoms with van der Waals surface area (Å²) >= 11 is 0. The zero-order chi connectivity index (χ0) is 14.4. The molecule has 2 heterocycles. The van der Waals surface area contributed by atoms with Gasteiger partial charge in [-0.05, 0) is 44.9 Å². The van der Waals surface area contributed by atoms with Crippen molar-refractivity contribution < 1.29 is 4.74 Å². The highest BCUT2D eigenvalue weighted by Gasteiger charge is 2.21. The van der Waals surface area contributed by atoms with Crippen LogP contribution in [0.5, 0.6) is 0 Å². The molecule has 2 atom stereocenters. The maximum atomic E-state index is 5.75. The van der Waals surface area contributed by atoms with E-state index in [1.54, 1.807) is 0 Å². The molecule has 112 valence electrons. The van der Waals surface area contributed by atoms with Crippen LogP contribution in [0.2, 0.25) is 0 Å². The molecule has 0 saturated carbocycles. The minimum Gasteiger partial charge on any atom is -0.377 e. The van der Waals surface area contributed by atoms with E-state index in [9.17, 15) is 0 Å². The molecular weight excluding hydrogens is 250 g/mol. The Hall–Kier alpha value is -1.13. The first kappa shape index (κ1) is 15.3. The zero-order valence-electron chi connectivity index (χ0n) is 12.9. The standard InChI is InChI=1S/C16H27N3O/c1-4-17-13(3)14-8-9-16(18-11-14)19-10-6-7-15(12-19)20-5-2/h8-9,11,13,15,17H,4-7,10,12H2,1-3H3. The van der Waals surface area contributed by atoms with Crippen LogP contribution >= 0.6 is 0 Å². The van der Waals surface area contributed by atoms with Crippen molar-refractivity contribution in [1.29, 1.82) is 0 Å². The molecule has 1 aliphatic heterocycles. The van der Waals surface area contributed by atoms with Crippen LogP contribution in [0.4, 0.5) is 5.82 Å². The fraction of sp³-hybridized carbons (Fsp3) is 0.688. The number of hydrogen-bond acceptors (Lipinski definition) is 4. The summed E-state index contributed by atoms with van der Waals surface area (Å²) in [6.45, 7) is 10.2. The Morgan fingerprint density at radius 2 is 2.30 bits per heavy atom. The number of rotatable bonds is 6. The molecule has 20 heavy (non-hydrogen) atoms. The molecule has 1 fully saturated rings. The van der Waals surface area contributed by atoms with E-state index in [2.05, 4.69) is 48.1 Å². The predicted octanol–water partition coefficient (Wildman–Crippen LogP) is 2.76. The third kappa shape index (κ3) is 3.93. The van der Waals surface area contributed by atoms with Gasteiger partial charge in [0.25, 0.3) is 0 Å². The quantitative estimate of drug-likeness (QED) is 0.867. The molecule has 1 aromatic heterocycles. The molecule has 1 saturated heterocycles. The van der Waals surface area contributed by atoms with Crippen LogP contribution in [0.1, 0.15) is 45.2 Å². The molecule has 4 heteroatoms. The Balaban J connectivity index is 1.98. The second-order valence-electron chi connectivity index (χ2n) is 5.39. The van der Waals surface area contributed by atoms with Crippen LogP contribution in [-0.4, -0.2) is 37.3 Å². The van der Waals surface area contributed by atoms with Gasteiger partial charge in [0.15, 0.2) is 0 Å². The predicted molar refractivity (Wildman–Crippen MR) is 83.2 cm³/mol. The topological polar surface area (TPSA) is 37.4 Å². The molecule has 2 unspecified atom stereocenters. The maximum absolute atomic E-state index is 5.75. The lowest BCUT2D eigenvalue weighted by molar-refractivity contribution is 0.0525. The van der Waals surface area contributed by atoms with Gasteiger partial charge >= 0.3 is 0 Å². The Morgan fingerprint density at radius 1 is 1.45 bits per heavy atom. The fourth-order valence-corrected chi connectivity index (χ4v) is 2.78. The number of nitrogens with one attached hydrogen (secondary N) is 1. The van der Waals surface area contributed by atoms with Crippen LogP contribution in [0.3, 0.4) is 0 Å². The molecule has 0 amide bonds. The van der Waals surface area contributed by atoms with E-state index in [0.717, 1.165) is 32.1 Å². The van der Waals surface area contributed by atoms with E-state index in [1.807, 2.05) is 6.20 Å². The van der Waals surface area contributed by atoms with Crippen molar-refractivity contribution in [1.82, 2.24) is 10.3 Å². The number of ether oxygens (including phenoxy) is 1. The van der Waals surface area contributed by atoms with Crippen molar-refractivity contribution in [3.63, 3.8) is 0 Å². The third-order valence-corrected chi connectivity index (χ3v) is 3.89. The van der Waals surface area contributed by atoms with Gasteiger partial charge in [-0.3, -0.25) is 0 Å². The first-order chi connectivity index (χ1) is 9.74. The molecule has 0 aromatic carbocycles. The number of piperidine rings is 1. The molecule has 0 bridgehead atoms. The van der Waals surface area contributed by atoms with Gasteiger partial charge in [-0.1, -0.05) is 13.0 Å². The normalized spacial score (nSPS) is 20.9. The van der Waals surface area contributed by atoms with Crippen LogP contribution in [0, 0.1) is 0 Å². The minimum atomic E-state index is 0.357. The van der Waals surface area contributed by atoms with Crippen molar-refractivity contribution in [2.24, 2.45) is 0 Å². The molecule has 0 spiro atoms. The first-order valence-corrected chi connectivity index (χ1v) is 7.80. The summed E-state index contributed by atoms with van der Waals surface area (Å²) in [7, 11) is 0. The second-order valence-corrected chi connectivity index (χ2v) is 5.39. The summed E-state index contributed by atoms with van der Waals surface area (Å²) in [5.41, 5.74) is 1.24. The first-order valence-electron chi connectivity index (χ1n) is 7.80. The van der Waals surface area contributed by atoms with Crippen molar-refractivity contribution in [3.05, 3.63) is 23.9 Å². The lowest BCUT2D eigenvalue weighted by Crippen LogP contribution is -2.40. The van der Waals surface area contributed by atoms with Crippen LogP contribution in [-0.2, 0) is 4.74 Å². The van der Waals surface area contributed by atoms with E-state index in [0.29, 0.717) is 12.1 Å². The maximum Gasteiger partial charge on any atom is 0.128 e. The molecule has 1 aliphatic rings. The van der Waals surface area contributed by atoms with Crippen molar-refractivity contribution in [3.8, 4) is 0 Å². The van der Waals surface area contributed by atoms with E-state index < -0.39 is 0 Å². The van der Waals surface area contributed by atoms with Gasteiger partial charge in [0.1, 0.15) is 5.82 Å². The summed E-state index contributed by atoms with van der Waals surface area (Å²) in [5.74, 6) is 1.07. The van der Waals surface area contributed by atoms with E-state index >= 15 is 0 Å². The Labute approximate surface area is 122 Å². The lowest BCUT2D eigenvalue weighted by atomic mass is 10.1. The number of aromatic nitrogens is 1. The monoisotopic (exact) mass is 277 g/mol. The fourth-order valence-electron chi connectivity index (χ4n) is 2.78. The van der Waals surface area contributed by atoms with Gasteiger partial charge in [-0.15, -0.1) is 0 Å². The number of anilines is 1. The van der Waals surface area contributed by atoms with Gasteiger partial charge in [0.2, 0.25) is 0 Å². The second kappa shape index (κ2) is 7.60. The number of hydrogen-bond donors (Lipinski definition) is 1. The minimum absolute atomic E-state index is 0.357. The molecule has 4 nitrogen and oxygen atoms in total. The lowest BCUT2D eigenvalue weighted by Gasteiger charge is -2.33. The molecular formula is C16H27N3O. The average Bonchev–Trinajstić information content (AvgIpc) is 2.48. The van der Waals surface area contributed by atoms with Crippen molar-refractivity contribution in [2.75, 3.05) is 31.1 Å². The average molecular weight is 277 g/mol. The van der Waals surface area contributed by atoms with Crippen LogP contribution < -0.4 is 10.2 Å². The summed E-state index contributed by atoms with van der Waals surface area (Å²) in [5, 5.41) is 3.41. The van der Waals surface area contributed by atoms with Crippen LogP contribution in [0.25, 0.3) is 0 Å². The highest BCUT2D eigenvalue weighted by Crippen LogP contribution is 2.21. The third-order valence-electron chi connectivity index (χ3n) is 3.89. The van der Waals surface area contributed by atoms with Crippen molar-refractivity contribution >= 4 is 5.82 Å². The molecule has 2 rings (SSSR count). The van der Waals surface area contributed by atoms with E-state index in [1.165, 1.54) is 18.4 Å². The van der Waals surface area contributed by atoms with Gasteiger partial charge in [-0.2, -0.15) is 0 Å². The molecule has 1 aromatic rings. The summed E-state index contributed by atoms with van der Waals surface area (Å²) in [6.07, 6.45) is 4.70. The number of nitrogens with zero attached hydrogens (tertiary/aromatic N) is 2. The van der Waals surface area contributed by atoms with Crippen LogP contribution in [0.15, 0.2) is 18.3 Å². The zero-order valence-corrected chi connectivity index (χ0v) is 12.9. The summed E-state index contributed by atoms with van der Waals surface area (Å²) < 4.78 is 5.75. The largest absolute Gasteiger partial charge is 0.377 e. The Kier molecular flexibility index (Phi) is 5.80. The summed E-state index contributed by atoms with van der Waals surface area (Å²) in [6, 6.07) is 4.68. The Bertz CT molecular complexity index is 391. The highest BCUT2D eigenvalue weighted by molar-refractivity contribution is 5.40. The van der Waals surface area contributed by atoms with Gasteiger partial charge in [0.05, 0.1) is 6.10 Å². The Morgan fingerprint density at radius 3 is 2.95 bits per heavy atom. The van der Waals surface area contributed by atoms with E-state index in [4.69, 9.17) is 4.74 Å². The van der Waals surface area contributed by atoms with Gasteiger partial charge in [-0.25, -0.2) is 4.98 Å². The van der Waals surface area contributed by atoms with Gasteiger partial charge in [0, 0.05) is 31.9 Å². The highest BCUT2D eigenvalue weighted by atomic mass is 16.5. The van der Waals surface area contributed by atoms with E-state index in [-0.39, 0.29) is 0 Å². The SMILES string of the molecule is CCNC(C)c1ccc(N2CCCC(OCC)C2)nc1. The van der Waals surface area contributed by atoms with Crippen molar-refractivity contribution in [2.45, 2.75) is 45.8 Å². The molecule has 0 radical (unpaired) electrons.